The van der Waals surface area contributed by atoms with E-state index in [0.717, 1.165) is 29.8 Å². The summed E-state index contributed by atoms with van der Waals surface area (Å²) in [6, 6.07) is 2.22. The molecule has 2 atom stereocenters. The number of nitrogens with zero attached hydrogens (tertiary/aromatic N) is 3. The van der Waals surface area contributed by atoms with Crippen LogP contribution in [0.2, 0.25) is 5.02 Å². The third-order valence-corrected chi connectivity index (χ3v) is 4.42. The number of aryl methyl sites for hydroxylation is 1. The van der Waals surface area contributed by atoms with Crippen LogP contribution in [-0.2, 0) is 18.3 Å². The van der Waals surface area contributed by atoms with Gasteiger partial charge in [-0.3, -0.25) is 9.67 Å². The second-order valence-corrected chi connectivity index (χ2v) is 5.75. The van der Waals surface area contributed by atoms with Crippen LogP contribution in [0.4, 0.5) is 0 Å². The number of ether oxygens (including phenoxy) is 1. The Morgan fingerprint density at radius 2 is 2.33 bits per heavy atom. The molecule has 6 heteroatoms. The number of aromatic nitrogens is 3. The first kappa shape index (κ1) is 14.5. The highest BCUT2D eigenvalue weighted by Gasteiger charge is 2.31. The van der Waals surface area contributed by atoms with Gasteiger partial charge in [0, 0.05) is 49.9 Å². The van der Waals surface area contributed by atoms with Gasteiger partial charge in [0.05, 0.1) is 11.2 Å². The van der Waals surface area contributed by atoms with Crippen molar-refractivity contribution < 1.29 is 4.74 Å². The summed E-state index contributed by atoms with van der Waals surface area (Å²) in [5, 5.41) is 8.55. The maximum Gasteiger partial charge on any atom is 0.101 e. The van der Waals surface area contributed by atoms with Gasteiger partial charge < -0.3 is 10.1 Å². The molecule has 1 N–H and O–H groups in total. The molecule has 1 saturated heterocycles. The Morgan fingerprint density at radius 3 is 3.05 bits per heavy atom. The van der Waals surface area contributed by atoms with Crippen molar-refractivity contribution >= 4 is 11.6 Å². The van der Waals surface area contributed by atoms with Gasteiger partial charge in [0.1, 0.15) is 6.10 Å². The van der Waals surface area contributed by atoms with E-state index in [1.807, 2.05) is 24.0 Å². The number of hydrogen-bond acceptors (Lipinski definition) is 4. The third kappa shape index (κ3) is 2.95. The van der Waals surface area contributed by atoms with Crippen molar-refractivity contribution in [3.63, 3.8) is 0 Å². The van der Waals surface area contributed by atoms with Gasteiger partial charge in [-0.25, -0.2) is 0 Å². The number of hydrogen-bond donors (Lipinski definition) is 1. The summed E-state index contributed by atoms with van der Waals surface area (Å²) >= 11 is 6.14. The highest BCUT2D eigenvalue weighted by Crippen LogP contribution is 2.31. The lowest BCUT2D eigenvalue weighted by Gasteiger charge is -2.20. The van der Waals surface area contributed by atoms with Crippen molar-refractivity contribution in [1.29, 1.82) is 0 Å². The first-order valence-corrected chi connectivity index (χ1v) is 7.46. The molecule has 5 nitrogen and oxygen atoms in total. The molecule has 112 valence electrons. The van der Waals surface area contributed by atoms with Crippen LogP contribution in [0.1, 0.15) is 29.3 Å². The fraction of sp³-hybridized carbons (Fsp3) is 0.467. The summed E-state index contributed by atoms with van der Waals surface area (Å²) in [5.41, 5.74) is 3.36. The van der Waals surface area contributed by atoms with E-state index in [0.29, 0.717) is 11.6 Å². The molecule has 21 heavy (non-hydrogen) atoms. The Bertz CT molecular complexity index is 628. The minimum atomic E-state index is 0.0549. The number of rotatable bonds is 4. The van der Waals surface area contributed by atoms with Crippen LogP contribution in [0.3, 0.4) is 0 Å². The third-order valence-electron chi connectivity index (χ3n) is 4.08. The Hall–Kier alpha value is -1.43. The second-order valence-electron chi connectivity index (χ2n) is 5.34. The zero-order chi connectivity index (χ0) is 14.8. The van der Waals surface area contributed by atoms with E-state index >= 15 is 0 Å². The fourth-order valence-electron chi connectivity index (χ4n) is 2.69. The molecule has 1 fully saturated rings. The van der Waals surface area contributed by atoms with Crippen molar-refractivity contribution in [1.82, 2.24) is 20.1 Å². The van der Waals surface area contributed by atoms with Crippen molar-refractivity contribution in [2.45, 2.75) is 32.0 Å². The van der Waals surface area contributed by atoms with Gasteiger partial charge in [-0.05, 0) is 25.0 Å². The zero-order valence-electron chi connectivity index (χ0n) is 12.2. The van der Waals surface area contributed by atoms with Crippen LogP contribution >= 0.6 is 11.6 Å². The summed E-state index contributed by atoms with van der Waals surface area (Å²) < 4.78 is 7.79. The van der Waals surface area contributed by atoms with Gasteiger partial charge in [-0.2, -0.15) is 5.10 Å². The normalized spacial score (nSPS) is 21.9. The van der Waals surface area contributed by atoms with Crippen LogP contribution in [0.25, 0.3) is 0 Å². The fourth-order valence-corrected chi connectivity index (χ4v) is 2.87. The zero-order valence-corrected chi connectivity index (χ0v) is 13.0. The molecule has 1 aliphatic rings. The smallest absolute Gasteiger partial charge is 0.101 e. The van der Waals surface area contributed by atoms with Gasteiger partial charge in [0.25, 0.3) is 0 Å². The highest BCUT2D eigenvalue weighted by atomic mass is 35.5. The Balaban J connectivity index is 1.70. The molecule has 0 bridgehead atoms. The summed E-state index contributed by atoms with van der Waals surface area (Å²) in [6.45, 7) is 3.55. The first-order valence-electron chi connectivity index (χ1n) is 7.08. The highest BCUT2D eigenvalue weighted by molar-refractivity contribution is 6.31. The van der Waals surface area contributed by atoms with Gasteiger partial charge in [0.15, 0.2) is 0 Å². The first-order chi connectivity index (χ1) is 10.2. The molecular weight excluding hydrogens is 288 g/mol. The van der Waals surface area contributed by atoms with Gasteiger partial charge in [0.2, 0.25) is 0 Å². The molecule has 0 aliphatic carbocycles. The standard InChI is InChI=1S/C15H19ClN4O/c1-10-12(8-19-20(10)2)15-14(4-6-21-15)18-7-11-3-5-17-9-13(11)16/h3,5,8-9,14-15,18H,4,6-7H2,1-2H3/t14-,15+/m0/s1. The van der Waals surface area contributed by atoms with Crippen LogP contribution in [0, 0.1) is 6.92 Å². The Morgan fingerprint density at radius 1 is 1.48 bits per heavy atom. The van der Waals surface area contributed by atoms with Crippen LogP contribution in [0.15, 0.2) is 24.7 Å². The van der Waals surface area contributed by atoms with Crippen LogP contribution in [-0.4, -0.2) is 27.4 Å². The SMILES string of the molecule is Cc1c([C@H]2OCC[C@@H]2NCc2ccncc2Cl)cnn1C. The van der Waals surface area contributed by atoms with Crippen molar-refractivity contribution in [2.24, 2.45) is 7.05 Å². The average Bonchev–Trinajstić information content (AvgIpc) is 3.06. The van der Waals surface area contributed by atoms with Crippen LogP contribution in [0.5, 0.6) is 0 Å². The number of halogens is 1. The molecule has 0 saturated carbocycles. The van der Waals surface area contributed by atoms with E-state index in [1.165, 1.54) is 0 Å². The van der Waals surface area contributed by atoms with Crippen molar-refractivity contribution in [2.75, 3.05) is 6.61 Å². The van der Waals surface area contributed by atoms with E-state index in [4.69, 9.17) is 16.3 Å². The predicted octanol–water partition coefficient (Wildman–Crippen LogP) is 2.40. The van der Waals surface area contributed by atoms with E-state index in [-0.39, 0.29) is 12.1 Å². The van der Waals surface area contributed by atoms with E-state index in [2.05, 4.69) is 22.3 Å². The molecule has 2 aromatic heterocycles. The quantitative estimate of drug-likeness (QED) is 0.942. The average molecular weight is 307 g/mol. The molecule has 0 amide bonds. The minimum Gasteiger partial charge on any atom is -0.372 e. The summed E-state index contributed by atoms with van der Waals surface area (Å²) in [7, 11) is 1.95. The van der Waals surface area contributed by atoms with E-state index < -0.39 is 0 Å². The number of pyridine rings is 1. The monoisotopic (exact) mass is 306 g/mol. The molecular formula is C15H19ClN4O. The lowest BCUT2D eigenvalue weighted by Crippen LogP contribution is -2.31. The molecule has 0 unspecified atom stereocenters. The minimum absolute atomic E-state index is 0.0549. The number of nitrogens with one attached hydrogen (secondary N) is 1. The Kier molecular flexibility index (Phi) is 4.24. The largest absolute Gasteiger partial charge is 0.372 e. The van der Waals surface area contributed by atoms with Gasteiger partial charge in [-0.1, -0.05) is 11.6 Å². The molecule has 0 aromatic carbocycles. The van der Waals surface area contributed by atoms with Crippen LogP contribution < -0.4 is 5.32 Å². The molecule has 3 heterocycles. The lowest BCUT2D eigenvalue weighted by molar-refractivity contribution is 0.0979. The van der Waals surface area contributed by atoms with Gasteiger partial charge in [-0.15, -0.1) is 0 Å². The Labute approximate surface area is 129 Å². The second kappa shape index (κ2) is 6.13. The summed E-state index contributed by atoms with van der Waals surface area (Å²) in [5.74, 6) is 0. The molecule has 0 spiro atoms. The lowest BCUT2D eigenvalue weighted by atomic mass is 10.0. The molecule has 0 radical (unpaired) electrons. The summed E-state index contributed by atoms with van der Waals surface area (Å²) in [4.78, 5) is 4.01. The van der Waals surface area contributed by atoms with Crippen molar-refractivity contribution in [3.8, 4) is 0 Å². The topological polar surface area (TPSA) is 52.0 Å². The molecule has 1 aliphatic heterocycles. The van der Waals surface area contributed by atoms with E-state index in [9.17, 15) is 0 Å². The molecule has 3 rings (SSSR count). The van der Waals surface area contributed by atoms with Crippen molar-refractivity contribution in [3.05, 3.63) is 46.5 Å². The predicted molar refractivity (Wildman–Crippen MR) is 81.1 cm³/mol. The van der Waals surface area contributed by atoms with E-state index in [1.54, 1.807) is 12.4 Å². The molecule has 2 aromatic rings. The van der Waals surface area contributed by atoms with Gasteiger partial charge >= 0.3 is 0 Å². The maximum absolute atomic E-state index is 6.14. The summed E-state index contributed by atoms with van der Waals surface area (Å²) in [6.07, 6.45) is 6.38. The maximum atomic E-state index is 6.14.